The monoisotopic (exact) mass is 476 g/mol. The quantitative estimate of drug-likeness (QED) is 0.223. The molecule has 0 atom stereocenters. The fraction of sp³-hybridized carbons (Fsp3) is 0.0625. The van der Waals surface area contributed by atoms with E-state index in [1.165, 1.54) is 48.9 Å². The number of hydrogen-bond donors (Lipinski definition) is 0. The maximum Gasteiger partial charge on any atom is 0.0412 e. The summed E-state index contributed by atoms with van der Waals surface area (Å²) >= 11 is 6.67. The van der Waals surface area contributed by atoms with Crippen LogP contribution in [0.4, 0.5) is 0 Å². The topological polar surface area (TPSA) is 0 Å². The lowest BCUT2D eigenvalue weighted by molar-refractivity contribution is 1.55. The Kier molecular flexibility index (Phi) is 6.63. The van der Waals surface area contributed by atoms with Gasteiger partial charge >= 0.3 is 0 Å². The van der Waals surface area contributed by atoms with E-state index in [1.54, 1.807) is 0 Å². The molecule has 34 heavy (non-hydrogen) atoms. The molecule has 2 heteroatoms. The molecule has 0 radical (unpaired) electrons. The Labute approximate surface area is 208 Å². The number of fused-ring (bicyclic) bond motifs is 1. The molecule has 5 rings (SSSR count). The van der Waals surface area contributed by atoms with Crippen LogP contribution in [0.1, 0.15) is 19.4 Å². The summed E-state index contributed by atoms with van der Waals surface area (Å²) < 4.78 is 0. The largest absolute Gasteiger partial charge is 0.0843 e. The predicted octanol–water partition coefficient (Wildman–Crippen LogP) is 8.34. The molecule has 0 aliphatic rings. The molecule has 5 aromatic carbocycles. The minimum absolute atomic E-state index is 0.756. The van der Waals surface area contributed by atoms with E-state index in [4.69, 9.17) is 11.6 Å². The van der Waals surface area contributed by atoms with Crippen molar-refractivity contribution < 1.29 is 0 Å². The number of halogens is 1. The molecule has 0 saturated heterocycles. The molecule has 0 amide bonds. The van der Waals surface area contributed by atoms with Crippen molar-refractivity contribution in [1.82, 2.24) is 0 Å². The van der Waals surface area contributed by atoms with Gasteiger partial charge in [-0.3, -0.25) is 0 Å². The number of benzene rings is 5. The average molecular weight is 477 g/mol. The molecule has 0 nitrogen and oxygen atoms in total. The highest BCUT2D eigenvalue weighted by Crippen LogP contribution is 2.42. The summed E-state index contributed by atoms with van der Waals surface area (Å²) in [5, 5.41) is 7.22. The maximum atomic E-state index is 6.67. The Balaban J connectivity index is 1.88. The smallest absolute Gasteiger partial charge is 0.0412 e. The highest BCUT2D eigenvalue weighted by Gasteiger charge is 2.23. The van der Waals surface area contributed by atoms with Gasteiger partial charge in [0.1, 0.15) is 0 Å². The van der Waals surface area contributed by atoms with Crippen molar-refractivity contribution in [2.45, 2.75) is 13.8 Å². The molecular weight excluding hydrogens is 451 g/mol. The molecule has 0 heterocycles. The standard InChI is InChI=1S/C32H26ClP/c1-3-23(2)28-20-18-24-12-10-11-17-29(24)32(28)30-22-25(33)19-21-31(30)34(26-13-6-4-7-14-26)27-15-8-5-9-16-27/h3-22H,1-2H3. The van der Waals surface area contributed by atoms with Gasteiger partial charge in [0.25, 0.3) is 0 Å². The third kappa shape index (κ3) is 4.32. The summed E-state index contributed by atoms with van der Waals surface area (Å²) in [7, 11) is -0.772. The van der Waals surface area contributed by atoms with Crippen molar-refractivity contribution in [2.24, 2.45) is 0 Å². The van der Waals surface area contributed by atoms with E-state index in [9.17, 15) is 0 Å². The third-order valence-electron chi connectivity index (χ3n) is 6.28. The molecule has 0 aliphatic heterocycles. The molecule has 0 aromatic heterocycles. The van der Waals surface area contributed by atoms with Gasteiger partial charge in [-0.2, -0.15) is 0 Å². The average Bonchev–Trinajstić information content (AvgIpc) is 2.90. The fourth-order valence-corrected chi connectivity index (χ4v) is 7.14. The normalized spacial score (nSPS) is 11.8. The summed E-state index contributed by atoms with van der Waals surface area (Å²) in [6, 6.07) is 41.3. The Bertz CT molecular complexity index is 1430. The number of allylic oxidation sites excluding steroid dienone is 2. The summed E-state index contributed by atoms with van der Waals surface area (Å²) in [4.78, 5) is 0. The first-order valence-corrected chi connectivity index (χ1v) is 13.2. The van der Waals surface area contributed by atoms with Crippen LogP contribution in [-0.4, -0.2) is 0 Å². The second-order valence-corrected chi connectivity index (χ2v) is 11.0. The van der Waals surface area contributed by atoms with E-state index in [0.717, 1.165) is 5.02 Å². The molecule has 0 N–H and O–H groups in total. The first-order valence-electron chi connectivity index (χ1n) is 11.5. The van der Waals surface area contributed by atoms with E-state index in [1.807, 2.05) is 6.07 Å². The Morgan fingerprint density at radius 2 is 1.32 bits per heavy atom. The van der Waals surface area contributed by atoms with Crippen LogP contribution < -0.4 is 15.9 Å². The fourth-order valence-electron chi connectivity index (χ4n) is 4.53. The van der Waals surface area contributed by atoms with Crippen LogP contribution in [0.25, 0.3) is 27.5 Å². The van der Waals surface area contributed by atoms with Gasteiger partial charge < -0.3 is 0 Å². The molecule has 0 unspecified atom stereocenters. The molecule has 0 aliphatic carbocycles. The molecule has 0 saturated carbocycles. The van der Waals surface area contributed by atoms with Crippen LogP contribution in [-0.2, 0) is 0 Å². The first kappa shape index (κ1) is 22.6. The van der Waals surface area contributed by atoms with Gasteiger partial charge in [0, 0.05) is 5.02 Å². The summed E-state index contributed by atoms with van der Waals surface area (Å²) in [5.74, 6) is 0. The van der Waals surface area contributed by atoms with Crippen molar-refractivity contribution in [3.63, 3.8) is 0 Å². The summed E-state index contributed by atoms with van der Waals surface area (Å²) in [5.41, 5.74) is 4.97. The van der Waals surface area contributed by atoms with Crippen LogP contribution in [0.15, 0.2) is 121 Å². The zero-order valence-electron chi connectivity index (χ0n) is 19.4. The van der Waals surface area contributed by atoms with Gasteiger partial charge in [0.15, 0.2) is 0 Å². The lowest BCUT2D eigenvalue weighted by atomic mass is 9.90. The van der Waals surface area contributed by atoms with Crippen molar-refractivity contribution in [3.8, 4) is 11.1 Å². The Morgan fingerprint density at radius 1 is 0.706 bits per heavy atom. The van der Waals surface area contributed by atoms with Gasteiger partial charge in [-0.05, 0) is 82.9 Å². The molecule has 5 aromatic rings. The molecule has 166 valence electrons. The van der Waals surface area contributed by atoms with Gasteiger partial charge in [0.2, 0.25) is 0 Å². The number of rotatable bonds is 5. The zero-order valence-corrected chi connectivity index (χ0v) is 21.0. The van der Waals surface area contributed by atoms with Crippen molar-refractivity contribution >= 4 is 51.8 Å². The van der Waals surface area contributed by atoms with E-state index in [-0.39, 0.29) is 0 Å². The Hall–Kier alpha value is -3.18. The van der Waals surface area contributed by atoms with Crippen molar-refractivity contribution in [2.75, 3.05) is 0 Å². The van der Waals surface area contributed by atoms with E-state index < -0.39 is 7.92 Å². The van der Waals surface area contributed by atoms with E-state index in [0.29, 0.717) is 0 Å². The highest BCUT2D eigenvalue weighted by molar-refractivity contribution is 7.80. The summed E-state index contributed by atoms with van der Waals surface area (Å²) in [6.45, 7) is 4.29. The van der Waals surface area contributed by atoms with E-state index >= 15 is 0 Å². The third-order valence-corrected chi connectivity index (χ3v) is 9.02. The zero-order chi connectivity index (χ0) is 23.5. The second-order valence-electron chi connectivity index (χ2n) is 8.35. The van der Waals surface area contributed by atoms with Crippen molar-refractivity contribution in [1.29, 1.82) is 0 Å². The minimum atomic E-state index is -0.772. The van der Waals surface area contributed by atoms with Gasteiger partial charge in [-0.25, -0.2) is 0 Å². The van der Waals surface area contributed by atoms with Crippen LogP contribution in [0, 0.1) is 0 Å². The predicted molar refractivity (Wildman–Crippen MR) is 152 cm³/mol. The highest BCUT2D eigenvalue weighted by atomic mass is 35.5. The van der Waals surface area contributed by atoms with Crippen molar-refractivity contribution in [3.05, 3.63) is 132 Å². The van der Waals surface area contributed by atoms with Crippen LogP contribution in [0.5, 0.6) is 0 Å². The minimum Gasteiger partial charge on any atom is -0.0843 e. The van der Waals surface area contributed by atoms with E-state index in [2.05, 4.69) is 129 Å². The molecule has 0 spiro atoms. The molecule has 0 bridgehead atoms. The molecular formula is C32H26ClP. The first-order chi connectivity index (χ1) is 16.7. The number of hydrogen-bond acceptors (Lipinski definition) is 0. The SMILES string of the molecule is CC=C(C)c1ccc2ccccc2c1-c1cc(Cl)ccc1P(c1ccccc1)c1ccccc1. The lowest BCUT2D eigenvalue weighted by Gasteiger charge is -2.24. The van der Waals surface area contributed by atoms with Crippen LogP contribution >= 0.6 is 19.5 Å². The van der Waals surface area contributed by atoms with Crippen LogP contribution in [0.3, 0.4) is 0 Å². The second kappa shape index (κ2) is 9.98. The summed E-state index contributed by atoms with van der Waals surface area (Å²) in [6.07, 6.45) is 2.19. The maximum absolute atomic E-state index is 6.67. The van der Waals surface area contributed by atoms with Crippen LogP contribution in [0.2, 0.25) is 5.02 Å². The van der Waals surface area contributed by atoms with Gasteiger partial charge in [0.05, 0.1) is 0 Å². The molecule has 0 fully saturated rings. The van der Waals surface area contributed by atoms with Gasteiger partial charge in [-0.15, -0.1) is 0 Å². The van der Waals surface area contributed by atoms with Gasteiger partial charge in [-0.1, -0.05) is 121 Å². The lowest BCUT2D eigenvalue weighted by Crippen LogP contribution is -2.22. The Morgan fingerprint density at radius 3 is 1.97 bits per heavy atom.